The van der Waals surface area contributed by atoms with Crippen molar-refractivity contribution in [3.63, 3.8) is 0 Å². The summed E-state index contributed by atoms with van der Waals surface area (Å²) in [6, 6.07) is 1.53. The monoisotopic (exact) mass is 212 g/mol. The molecule has 0 aromatic rings. The Morgan fingerprint density at radius 2 is 1.93 bits per heavy atom. The lowest BCUT2D eigenvalue weighted by atomic mass is 9.83. The van der Waals surface area contributed by atoms with Gasteiger partial charge < -0.3 is 15.0 Å². The second kappa shape index (κ2) is 4.40. The van der Waals surface area contributed by atoms with E-state index in [1.54, 1.807) is 0 Å². The lowest BCUT2D eigenvalue weighted by Gasteiger charge is -2.44. The van der Waals surface area contributed by atoms with Gasteiger partial charge >= 0.3 is 0 Å². The van der Waals surface area contributed by atoms with Gasteiger partial charge in [-0.25, -0.2) is 0 Å². The fourth-order valence-electron chi connectivity index (χ4n) is 3.35. The molecule has 2 unspecified atom stereocenters. The summed E-state index contributed by atoms with van der Waals surface area (Å²) in [7, 11) is 6.19. The van der Waals surface area contributed by atoms with Crippen LogP contribution in [-0.2, 0) is 4.74 Å². The van der Waals surface area contributed by atoms with Crippen molar-refractivity contribution in [1.82, 2.24) is 10.2 Å². The first-order chi connectivity index (χ1) is 7.21. The molecule has 88 valence electrons. The minimum atomic E-state index is 0.154. The summed E-state index contributed by atoms with van der Waals surface area (Å²) in [6.07, 6.45) is 6.33. The smallest absolute Gasteiger partial charge is 0.0720 e. The third kappa shape index (κ3) is 2.05. The van der Waals surface area contributed by atoms with Gasteiger partial charge in [0.2, 0.25) is 0 Å². The first kappa shape index (κ1) is 11.4. The van der Waals surface area contributed by atoms with Gasteiger partial charge in [-0.1, -0.05) is 0 Å². The Balaban J connectivity index is 2.02. The topological polar surface area (TPSA) is 24.5 Å². The molecule has 2 aliphatic rings. The van der Waals surface area contributed by atoms with E-state index in [-0.39, 0.29) is 5.60 Å². The number of hydrogen-bond donors (Lipinski definition) is 1. The van der Waals surface area contributed by atoms with E-state index < -0.39 is 0 Å². The molecular weight excluding hydrogens is 188 g/mol. The molecule has 2 saturated heterocycles. The first-order valence-electron chi connectivity index (χ1n) is 6.12. The van der Waals surface area contributed by atoms with Crippen molar-refractivity contribution in [2.75, 3.05) is 27.7 Å². The van der Waals surface area contributed by atoms with Crippen molar-refractivity contribution in [3.8, 4) is 0 Å². The van der Waals surface area contributed by atoms with E-state index in [0.29, 0.717) is 0 Å². The van der Waals surface area contributed by atoms with Gasteiger partial charge in [-0.05, 0) is 52.7 Å². The van der Waals surface area contributed by atoms with Crippen LogP contribution in [0.1, 0.15) is 32.1 Å². The van der Waals surface area contributed by atoms with Gasteiger partial charge in [0.15, 0.2) is 0 Å². The predicted octanol–water partition coefficient (Wildman–Crippen LogP) is 1.24. The molecule has 0 aliphatic carbocycles. The Morgan fingerprint density at radius 1 is 1.33 bits per heavy atom. The predicted molar refractivity (Wildman–Crippen MR) is 62.1 cm³/mol. The minimum Gasteiger partial charge on any atom is -0.378 e. The van der Waals surface area contributed by atoms with Crippen molar-refractivity contribution in [1.29, 1.82) is 0 Å². The highest BCUT2D eigenvalue weighted by molar-refractivity contribution is 5.01. The molecular formula is C12H24N2O. The summed E-state index contributed by atoms with van der Waals surface area (Å²) in [4.78, 5) is 2.57. The number of methoxy groups -OCH3 is 1. The lowest BCUT2D eigenvalue weighted by Crippen LogP contribution is -2.51. The molecule has 0 saturated carbocycles. The number of fused-ring (bicyclic) bond motifs is 2. The summed E-state index contributed by atoms with van der Waals surface area (Å²) >= 11 is 0. The number of hydrogen-bond acceptors (Lipinski definition) is 3. The van der Waals surface area contributed by atoms with E-state index in [1.807, 2.05) is 14.2 Å². The molecule has 2 fully saturated rings. The van der Waals surface area contributed by atoms with Crippen LogP contribution >= 0.6 is 0 Å². The molecule has 0 radical (unpaired) electrons. The standard InChI is InChI=1S/C12H24N2O/c1-13-7-6-12(15-3)8-10-4-5-11(9-12)14(10)2/h10-11,13H,4-9H2,1-3H3. The van der Waals surface area contributed by atoms with E-state index in [4.69, 9.17) is 4.74 Å². The lowest BCUT2D eigenvalue weighted by molar-refractivity contribution is -0.0799. The molecule has 3 heteroatoms. The van der Waals surface area contributed by atoms with Crippen molar-refractivity contribution in [2.45, 2.75) is 49.8 Å². The van der Waals surface area contributed by atoms with Crippen LogP contribution in [0, 0.1) is 0 Å². The summed E-state index contributed by atoms with van der Waals surface area (Å²) in [5, 5.41) is 3.24. The average molecular weight is 212 g/mol. The van der Waals surface area contributed by atoms with Crippen LogP contribution in [-0.4, -0.2) is 50.3 Å². The number of piperidine rings is 1. The molecule has 2 heterocycles. The molecule has 0 spiro atoms. The highest BCUT2D eigenvalue weighted by Crippen LogP contribution is 2.42. The zero-order chi connectivity index (χ0) is 10.9. The van der Waals surface area contributed by atoms with Gasteiger partial charge in [0, 0.05) is 19.2 Å². The van der Waals surface area contributed by atoms with Crippen LogP contribution in [0.4, 0.5) is 0 Å². The van der Waals surface area contributed by atoms with E-state index >= 15 is 0 Å². The van der Waals surface area contributed by atoms with Crippen LogP contribution in [0.25, 0.3) is 0 Å². The zero-order valence-corrected chi connectivity index (χ0v) is 10.3. The Hall–Kier alpha value is -0.120. The van der Waals surface area contributed by atoms with Crippen LogP contribution < -0.4 is 5.32 Å². The molecule has 2 rings (SSSR count). The first-order valence-corrected chi connectivity index (χ1v) is 6.12. The maximum absolute atomic E-state index is 5.84. The summed E-state index contributed by atoms with van der Waals surface area (Å²) in [5.41, 5.74) is 0.154. The van der Waals surface area contributed by atoms with E-state index in [9.17, 15) is 0 Å². The zero-order valence-electron chi connectivity index (χ0n) is 10.3. The molecule has 1 N–H and O–H groups in total. The Kier molecular flexibility index (Phi) is 3.33. The largest absolute Gasteiger partial charge is 0.378 e. The quantitative estimate of drug-likeness (QED) is 0.759. The van der Waals surface area contributed by atoms with Crippen molar-refractivity contribution in [3.05, 3.63) is 0 Å². The molecule has 2 atom stereocenters. The Bertz CT molecular complexity index is 206. The highest BCUT2D eigenvalue weighted by Gasteiger charge is 2.46. The number of nitrogens with one attached hydrogen (secondary N) is 1. The summed E-state index contributed by atoms with van der Waals surface area (Å²) in [6.45, 7) is 1.07. The van der Waals surface area contributed by atoms with Crippen LogP contribution in [0.15, 0.2) is 0 Å². The highest BCUT2D eigenvalue weighted by atomic mass is 16.5. The van der Waals surface area contributed by atoms with Gasteiger partial charge in [0.1, 0.15) is 0 Å². The van der Waals surface area contributed by atoms with Crippen molar-refractivity contribution in [2.24, 2.45) is 0 Å². The number of nitrogens with zero attached hydrogens (tertiary/aromatic N) is 1. The normalized spacial score (nSPS) is 41.0. The Labute approximate surface area is 93.2 Å². The number of ether oxygens (including phenoxy) is 1. The molecule has 3 nitrogen and oxygen atoms in total. The molecule has 2 aliphatic heterocycles. The maximum atomic E-state index is 5.84. The molecule has 15 heavy (non-hydrogen) atoms. The molecule has 0 aromatic heterocycles. The van der Waals surface area contributed by atoms with Crippen LogP contribution in [0.2, 0.25) is 0 Å². The maximum Gasteiger partial charge on any atom is 0.0720 e. The molecule has 0 aromatic carbocycles. The molecule has 2 bridgehead atoms. The second-order valence-electron chi connectivity index (χ2n) is 5.20. The SMILES string of the molecule is CNCCC1(OC)CC2CCC(C1)N2C. The fourth-order valence-corrected chi connectivity index (χ4v) is 3.35. The number of rotatable bonds is 4. The van der Waals surface area contributed by atoms with Gasteiger partial charge in [0.25, 0.3) is 0 Å². The average Bonchev–Trinajstić information content (AvgIpc) is 2.51. The fraction of sp³-hybridized carbons (Fsp3) is 1.00. The summed E-state index contributed by atoms with van der Waals surface area (Å²) < 4.78 is 5.84. The Morgan fingerprint density at radius 3 is 2.40 bits per heavy atom. The third-order valence-electron chi connectivity index (χ3n) is 4.46. The van der Waals surface area contributed by atoms with Gasteiger partial charge in [-0.2, -0.15) is 0 Å². The van der Waals surface area contributed by atoms with Crippen molar-refractivity contribution < 1.29 is 4.74 Å². The van der Waals surface area contributed by atoms with Crippen LogP contribution in [0.5, 0.6) is 0 Å². The van der Waals surface area contributed by atoms with E-state index in [0.717, 1.165) is 25.0 Å². The minimum absolute atomic E-state index is 0.154. The molecule has 0 amide bonds. The van der Waals surface area contributed by atoms with E-state index in [1.165, 1.54) is 25.7 Å². The second-order valence-corrected chi connectivity index (χ2v) is 5.20. The van der Waals surface area contributed by atoms with E-state index in [2.05, 4.69) is 17.3 Å². The van der Waals surface area contributed by atoms with Gasteiger partial charge in [0.05, 0.1) is 5.60 Å². The van der Waals surface area contributed by atoms with Gasteiger partial charge in [-0.15, -0.1) is 0 Å². The summed E-state index contributed by atoms with van der Waals surface area (Å²) in [5.74, 6) is 0. The van der Waals surface area contributed by atoms with Crippen molar-refractivity contribution >= 4 is 0 Å². The van der Waals surface area contributed by atoms with Crippen LogP contribution in [0.3, 0.4) is 0 Å². The van der Waals surface area contributed by atoms with Gasteiger partial charge in [-0.3, -0.25) is 0 Å². The third-order valence-corrected chi connectivity index (χ3v) is 4.46.